The molecule has 1 aromatic heterocycles. The molecule has 4 heteroatoms. The highest BCUT2D eigenvalue weighted by Crippen LogP contribution is 2.21. The van der Waals surface area contributed by atoms with Gasteiger partial charge in [0.15, 0.2) is 0 Å². The van der Waals surface area contributed by atoms with E-state index in [1.807, 2.05) is 35.2 Å². The smallest absolute Gasteiger partial charge is 0.255 e. The zero-order chi connectivity index (χ0) is 17.8. The van der Waals surface area contributed by atoms with E-state index in [-0.39, 0.29) is 5.91 Å². The van der Waals surface area contributed by atoms with Crippen molar-refractivity contribution in [3.05, 3.63) is 95.3 Å². The minimum Gasteiger partial charge on any atom is -0.380 e. The summed E-state index contributed by atoms with van der Waals surface area (Å²) in [7, 11) is 0. The summed E-state index contributed by atoms with van der Waals surface area (Å²) in [4.78, 5) is 19.0. The number of nitrogens with zero attached hydrogens (tertiary/aromatic N) is 2. The number of carbonyl (C=O) groups excluding carboxylic acids is 1. The maximum absolute atomic E-state index is 12.9. The van der Waals surface area contributed by atoms with Crippen LogP contribution in [0.25, 0.3) is 0 Å². The molecule has 0 atom stereocenters. The number of hydrogen-bond donors (Lipinski definition) is 1. The van der Waals surface area contributed by atoms with Crippen molar-refractivity contribution in [1.29, 1.82) is 0 Å². The first-order valence-electron chi connectivity index (χ1n) is 8.88. The molecule has 0 spiro atoms. The number of amides is 1. The van der Waals surface area contributed by atoms with Gasteiger partial charge < -0.3 is 10.2 Å². The average Bonchev–Trinajstić information content (AvgIpc) is 2.72. The SMILES string of the molecule is O=C(c1cncc(NCc2ccccc2)c1)N1CCc2ccccc2C1. The summed E-state index contributed by atoms with van der Waals surface area (Å²) in [6.07, 6.45) is 4.31. The van der Waals surface area contributed by atoms with Crippen LogP contribution < -0.4 is 5.32 Å². The van der Waals surface area contributed by atoms with Crippen molar-refractivity contribution >= 4 is 11.6 Å². The molecule has 0 bridgehead atoms. The lowest BCUT2D eigenvalue weighted by molar-refractivity contribution is 0.0734. The van der Waals surface area contributed by atoms with Crippen LogP contribution in [0.15, 0.2) is 73.1 Å². The van der Waals surface area contributed by atoms with Crippen molar-refractivity contribution in [3.8, 4) is 0 Å². The molecule has 4 rings (SSSR count). The van der Waals surface area contributed by atoms with Gasteiger partial charge in [-0.2, -0.15) is 0 Å². The zero-order valence-electron chi connectivity index (χ0n) is 14.6. The number of benzene rings is 2. The fourth-order valence-corrected chi connectivity index (χ4v) is 3.31. The molecule has 1 aliphatic heterocycles. The van der Waals surface area contributed by atoms with Crippen LogP contribution in [0.5, 0.6) is 0 Å². The Labute approximate surface area is 153 Å². The third-order valence-corrected chi connectivity index (χ3v) is 4.74. The van der Waals surface area contributed by atoms with E-state index in [1.165, 1.54) is 16.7 Å². The number of nitrogens with one attached hydrogen (secondary N) is 1. The minimum atomic E-state index is 0.0374. The molecule has 0 saturated carbocycles. The Hall–Kier alpha value is -3.14. The molecular weight excluding hydrogens is 322 g/mol. The third kappa shape index (κ3) is 3.59. The molecule has 1 aliphatic rings. The van der Waals surface area contributed by atoms with Gasteiger partial charge in [0.1, 0.15) is 0 Å². The topological polar surface area (TPSA) is 45.2 Å². The highest BCUT2D eigenvalue weighted by Gasteiger charge is 2.21. The fraction of sp³-hybridized carbons (Fsp3) is 0.182. The van der Waals surface area contributed by atoms with Crippen LogP contribution >= 0.6 is 0 Å². The molecule has 0 aliphatic carbocycles. The lowest BCUT2D eigenvalue weighted by Gasteiger charge is -2.29. The maximum Gasteiger partial charge on any atom is 0.255 e. The van der Waals surface area contributed by atoms with E-state index in [4.69, 9.17) is 0 Å². The summed E-state index contributed by atoms with van der Waals surface area (Å²) in [6, 6.07) is 20.4. The van der Waals surface area contributed by atoms with Gasteiger partial charge in [0, 0.05) is 32.0 Å². The Morgan fingerprint density at radius 2 is 1.77 bits per heavy atom. The zero-order valence-corrected chi connectivity index (χ0v) is 14.6. The van der Waals surface area contributed by atoms with Crippen molar-refractivity contribution in [1.82, 2.24) is 9.88 Å². The maximum atomic E-state index is 12.9. The molecule has 1 amide bonds. The van der Waals surface area contributed by atoms with Gasteiger partial charge in [0.25, 0.3) is 5.91 Å². The molecule has 0 saturated heterocycles. The summed E-state index contributed by atoms with van der Waals surface area (Å²) in [5.74, 6) is 0.0374. The third-order valence-electron chi connectivity index (χ3n) is 4.74. The van der Waals surface area contributed by atoms with E-state index in [0.29, 0.717) is 18.7 Å². The first-order chi connectivity index (χ1) is 12.8. The predicted molar refractivity (Wildman–Crippen MR) is 103 cm³/mol. The van der Waals surface area contributed by atoms with Gasteiger partial charge in [-0.1, -0.05) is 54.6 Å². The van der Waals surface area contributed by atoms with Crippen molar-refractivity contribution in [2.75, 3.05) is 11.9 Å². The number of fused-ring (bicyclic) bond motifs is 1. The summed E-state index contributed by atoms with van der Waals surface area (Å²) in [5.41, 5.74) is 5.25. The summed E-state index contributed by atoms with van der Waals surface area (Å²) in [6.45, 7) is 2.12. The predicted octanol–water partition coefficient (Wildman–Crippen LogP) is 3.89. The largest absolute Gasteiger partial charge is 0.380 e. The highest BCUT2D eigenvalue weighted by molar-refractivity contribution is 5.94. The molecule has 4 nitrogen and oxygen atoms in total. The number of rotatable bonds is 4. The summed E-state index contributed by atoms with van der Waals surface area (Å²) in [5, 5.41) is 3.34. The van der Waals surface area contributed by atoms with E-state index >= 15 is 0 Å². The summed E-state index contributed by atoms with van der Waals surface area (Å²) < 4.78 is 0. The first kappa shape index (κ1) is 16.3. The van der Waals surface area contributed by atoms with Gasteiger partial charge in [-0.3, -0.25) is 9.78 Å². The van der Waals surface area contributed by atoms with Gasteiger partial charge in [0.2, 0.25) is 0 Å². The molecule has 2 heterocycles. The van der Waals surface area contributed by atoms with Crippen molar-refractivity contribution in [2.45, 2.75) is 19.5 Å². The molecule has 3 aromatic rings. The van der Waals surface area contributed by atoms with Crippen molar-refractivity contribution in [3.63, 3.8) is 0 Å². The standard InChI is InChI=1S/C22H21N3O/c26-22(25-11-10-18-8-4-5-9-19(18)16-25)20-12-21(15-23-14-20)24-13-17-6-2-1-3-7-17/h1-9,12,14-15,24H,10-11,13,16H2. The Kier molecular flexibility index (Phi) is 4.65. The Morgan fingerprint density at radius 3 is 2.62 bits per heavy atom. The number of carbonyl (C=O) groups is 1. The lowest BCUT2D eigenvalue weighted by Crippen LogP contribution is -2.36. The number of pyridine rings is 1. The van der Waals surface area contributed by atoms with Gasteiger partial charge in [-0.05, 0) is 29.2 Å². The molecule has 26 heavy (non-hydrogen) atoms. The lowest BCUT2D eigenvalue weighted by atomic mass is 9.99. The van der Waals surface area contributed by atoms with Crippen LogP contribution in [-0.4, -0.2) is 22.3 Å². The molecule has 1 N–H and O–H groups in total. The first-order valence-corrected chi connectivity index (χ1v) is 8.88. The summed E-state index contributed by atoms with van der Waals surface area (Å²) >= 11 is 0. The average molecular weight is 343 g/mol. The van der Waals surface area contributed by atoms with Crippen LogP contribution in [0.4, 0.5) is 5.69 Å². The van der Waals surface area contributed by atoms with Crippen molar-refractivity contribution < 1.29 is 4.79 Å². The van der Waals surface area contributed by atoms with Crippen LogP contribution in [0.3, 0.4) is 0 Å². The van der Waals surface area contributed by atoms with E-state index in [9.17, 15) is 4.79 Å². The normalized spacial score (nSPS) is 13.2. The van der Waals surface area contributed by atoms with Crippen molar-refractivity contribution in [2.24, 2.45) is 0 Å². The second kappa shape index (κ2) is 7.40. The highest BCUT2D eigenvalue weighted by atomic mass is 16.2. The monoisotopic (exact) mass is 343 g/mol. The van der Waals surface area contributed by atoms with Crippen LogP contribution in [0.1, 0.15) is 27.0 Å². The molecule has 2 aromatic carbocycles. The van der Waals surface area contributed by atoms with Gasteiger partial charge in [0.05, 0.1) is 11.3 Å². The second-order valence-electron chi connectivity index (χ2n) is 6.55. The number of aromatic nitrogens is 1. The molecule has 0 radical (unpaired) electrons. The molecule has 130 valence electrons. The van der Waals surface area contributed by atoms with E-state index < -0.39 is 0 Å². The molecular formula is C22H21N3O. The Balaban J connectivity index is 1.45. The number of hydrogen-bond acceptors (Lipinski definition) is 3. The van der Waals surface area contributed by atoms with E-state index in [2.05, 4.69) is 40.6 Å². The van der Waals surface area contributed by atoms with Gasteiger partial charge in [-0.15, -0.1) is 0 Å². The van der Waals surface area contributed by atoms with Gasteiger partial charge in [-0.25, -0.2) is 0 Å². The number of anilines is 1. The second-order valence-corrected chi connectivity index (χ2v) is 6.55. The van der Waals surface area contributed by atoms with Crippen LogP contribution in [-0.2, 0) is 19.5 Å². The Bertz CT molecular complexity index is 908. The Morgan fingerprint density at radius 1 is 1.00 bits per heavy atom. The quantitative estimate of drug-likeness (QED) is 0.782. The van der Waals surface area contributed by atoms with E-state index in [0.717, 1.165) is 18.7 Å². The fourth-order valence-electron chi connectivity index (χ4n) is 3.31. The van der Waals surface area contributed by atoms with Gasteiger partial charge >= 0.3 is 0 Å². The molecule has 0 unspecified atom stereocenters. The minimum absolute atomic E-state index is 0.0374. The van der Waals surface area contributed by atoms with E-state index in [1.54, 1.807) is 12.4 Å². The van der Waals surface area contributed by atoms with Crippen LogP contribution in [0.2, 0.25) is 0 Å². The molecule has 0 fully saturated rings. The van der Waals surface area contributed by atoms with Crippen LogP contribution in [0, 0.1) is 0 Å².